The summed E-state index contributed by atoms with van der Waals surface area (Å²) in [6, 6.07) is 9.42. The molecule has 0 saturated carbocycles. The molecule has 3 nitrogen and oxygen atoms in total. The summed E-state index contributed by atoms with van der Waals surface area (Å²) >= 11 is 1.64. The van der Waals surface area contributed by atoms with E-state index in [4.69, 9.17) is 5.11 Å². The molecule has 1 aromatic heterocycles. The second kappa shape index (κ2) is 6.06. The molecule has 0 atom stereocenters. The highest BCUT2D eigenvalue weighted by Crippen LogP contribution is 2.28. The fourth-order valence-corrected chi connectivity index (χ4v) is 3.06. The predicted octanol–water partition coefficient (Wildman–Crippen LogP) is 4.07. The van der Waals surface area contributed by atoms with Gasteiger partial charge < -0.3 is 5.11 Å². The summed E-state index contributed by atoms with van der Waals surface area (Å²) in [7, 11) is 0. The molecule has 0 bridgehead atoms. The molecule has 1 aromatic carbocycles. The molecule has 0 fully saturated rings. The standard InChI is InChI=1S/C15H17NO2S/c1-10(2)7-8-19-14-12-6-4-3-5-11(12)9-13(16-14)15(17)18/h3-6,9-10H,7-8H2,1-2H3,(H,17,18). The van der Waals surface area contributed by atoms with Crippen molar-refractivity contribution in [1.29, 1.82) is 0 Å². The van der Waals surface area contributed by atoms with Gasteiger partial charge in [-0.2, -0.15) is 0 Å². The molecule has 0 aliphatic heterocycles. The lowest BCUT2D eigenvalue weighted by molar-refractivity contribution is 0.0690. The van der Waals surface area contributed by atoms with Crippen molar-refractivity contribution in [2.45, 2.75) is 25.3 Å². The zero-order valence-electron chi connectivity index (χ0n) is 11.1. The minimum Gasteiger partial charge on any atom is -0.477 e. The number of carboxylic acids is 1. The van der Waals surface area contributed by atoms with Crippen LogP contribution in [0, 0.1) is 5.92 Å². The van der Waals surface area contributed by atoms with E-state index in [1.54, 1.807) is 17.8 Å². The molecule has 0 saturated heterocycles. The highest BCUT2D eigenvalue weighted by Gasteiger charge is 2.11. The number of aromatic carboxylic acids is 1. The van der Waals surface area contributed by atoms with Crippen molar-refractivity contribution in [3.05, 3.63) is 36.0 Å². The molecule has 1 heterocycles. The van der Waals surface area contributed by atoms with E-state index in [0.29, 0.717) is 5.92 Å². The molecule has 0 spiro atoms. The Kier molecular flexibility index (Phi) is 4.43. The van der Waals surface area contributed by atoms with Gasteiger partial charge in [0.05, 0.1) is 0 Å². The Morgan fingerprint density at radius 2 is 2.11 bits per heavy atom. The van der Waals surface area contributed by atoms with Gasteiger partial charge in [0.1, 0.15) is 10.7 Å². The van der Waals surface area contributed by atoms with E-state index in [0.717, 1.165) is 28.0 Å². The van der Waals surface area contributed by atoms with Crippen LogP contribution in [0.15, 0.2) is 35.4 Å². The fourth-order valence-electron chi connectivity index (χ4n) is 1.78. The first-order valence-corrected chi connectivity index (χ1v) is 7.32. The number of aromatic nitrogens is 1. The number of thioether (sulfide) groups is 1. The zero-order valence-corrected chi connectivity index (χ0v) is 11.9. The molecule has 0 aliphatic rings. The average Bonchev–Trinajstić information content (AvgIpc) is 2.38. The van der Waals surface area contributed by atoms with Gasteiger partial charge in [0.2, 0.25) is 0 Å². The number of rotatable bonds is 5. The smallest absolute Gasteiger partial charge is 0.354 e. The number of carboxylic acid groups (broad SMARTS) is 1. The Morgan fingerprint density at radius 1 is 1.37 bits per heavy atom. The van der Waals surface area contributed by atoms with Crippen molar-refractivity contribution in [2.24, 2.45) is 5.92 Å². The number of nitrogens with zero attached hydrogens (tertiary/aromatic N) is 1. The van der Waals surface area contributed by atoms with Crippen LogP contribution in [-0.4, -0.2) is 21.8 Å². The van der Waals surface area contributed by atoms with E-state index in [1.165, 1.54) is 0 Å². The predicted molar refractivity (Wildman–Crippen MR) is 78.9 cm³/mol. The maximum Gasteiger partial charge on any atom is 0.354 e. The summed E-state index contributed by atoms with van der Waals surface area (Å²) < 4.78 is 0. The second-order valence-corrected chi connectivity index (χ2v) is 5.95. The van der Waals surface area contributed by atoms with E-state index in [-0.39, 0.29) is 5.69 Å². The van der Waals surface area contributed by atoms with E-state index in [9.17, 15) is 4.79 Å². The first kappa shape index (κ1) is 13.9. The van der Waals surface area contributed by atoms with Gasteiger partial charge in [-0.05, 0) is 29.5 Å². The lowest BCUT2D eigenvalue weighted by Crippen LogP contribution is -2.02. The second-order valence-electron chi connectivity index (χ2n) is 4.87. The Balaban J connectivity index is 2.36. The third-order valence-electron chi connectivity index (χ3n) is 2.86. The number of benzene rings is 1. The topological polar surface area (TPSA) is 50.2 Å². The monoisotopic (exact) mass is 275 g/mol. The van der Waals surface area contributed by atoms with Crippen LogP contribution >= 0.6 is 11.8 Å². The number of pyridine rings is 1. The van der Waals surface area contributed by atoms with Crippen molar-refractivity contribution < 1.29 is 9.90 Å². The summed E-state index contributed by atoms with van der Waals surface area (Å²) in [4.78, 5) is 15.4. The molecule has 0 aliphatic carbocycles. The summed E-state index contributed by atoms with van der Waals surface area (Å²) in [5.41, 5.74) is 0.116. The van der Waals surface area contributed by atoms with Crippen LogP contribution in [0.4, 0.5) is 0 Å². The molecule has 0 amide bonds. The quantitative estimate of drug-likeness (QED) is 0.836. The van der Waals surface area contributed by atoms with Crippen LogP contribution in [0.5, 0.6) is 0 Å². The van der Waals surface area contributed by atoms with Crippen LogP contribution in [0.1, 0.15) is 30.8 Å². The summed E-state index contributed by atoms with van der Waals surface area (Å²) in [6.45, 7) is 4.36. The van der Waals surface area contributed by atoms with E-state index in [2.05, 4.69) is 18.8 Å². The van der Waals surface area contributed by atoms with Gasteiger partial charge in [-0.1, -0.05) is 38.1 Å². The largest absolute Gasteiger partial charge is 0.477 e. The number of fused-ring (bicyclic) bond motifs is 1. The van der Waals surface area contributed by atoms with Crippen LogP contribution < -0.4 is 0 Å². The number of carbonyl (C=O) groups is 1. The van der Waals surface area contributed by atoms with Crippen LogP contribution in [-0.2, 0) is 0 Å². The highest BCUT2D eigenvalue weighted by atomic mass is 32.2. The van der Waals surface area contributed by atoms with Gasteiger partial charge in [0.15, 0.2) is 0 Å². The molecule has 100 valence electrons. The fraction of sp³-hybridized carbons (Fsp3) is 0.333. The maximum atomic E-state index is 11.1. The van der Waals surface area contributed by atoms with Crippen LogP contribution in [0.25, 0.3) is 10.8 Å². The number of hydrogen-bond acceptors (Lipinski definition) is 3. The van der Waals surface area contributed by atoms with Gasteiger partial charge in [0.25, 0.3) is 0 Å². The Bertz CT molecular complexity index is 596. The molecule has 0 unspecified atom stereocenters. The summed E-state index contributed by atoms with van der Waals surface area (Å²) in [5.74, 6) is 0.621. The van der Waals surface area contributed by atoms with Crippen molar-refractivity contribution in [2.75, 3.05) is 5.75 Å². The van der Waals surface area contributed by atoms with Gasteiger partial charge in [0, 0.05) is 5.39 Å². The first-order chi connectivity index (χ1) is 9.08. The average molecular weight is 275 g/mol. The van der Waals surface area contributed by atoms with Gasteiger partial charge >= 0.3 is 5.97 Å². The Hall–Kier alpha value is -1.55. The van der Waals surface area contributed by atoms with E-state index >= 15 is 0 Å². The minimum atomic E-state index is -0.975. The molecular formula is C15H17NO2S. The Morgan fingerprint density at radius 3 is 2.79 bits per heavy atom. The molecule has 1 N–H and O–H groups in total. The van der Waals surface area contributed by atoms with Crippen molar-refractivity contribution in [3.63, 3.8) is 0 Å². The highest BCUT2D eigenvalue weighted by molar-refractivity contribution is 7.99. The molecule has 0 radical (unpaired) electrons. The van der Waals surface area contributed by atoms with Crippen molar-refractivity contribution in [3.8, 4) is 0 Å². The third-order valence-corrected chi connectivity index (χ3v) is 3.88. The lowest BCUT2D eigenvalue weighted by Gasteiger charge is -2.08. The molecule has 2 rings (SSSR count). The van der Waals surface area contributed by atoms with Crippen molar-refractivity contribution in [1.82, 2.24) is 4.98 Å². The number of hydrogen-bond donors (Lipinski definition) is 1. The van der Waals surface area contributed by atoms with Crippen molar-refractivity contribution >= 4 is 28.5 Å². The summed E-state index contributed by atoms with van der Waals surface area (Å²) in [5, 5.41) is 11.9. The lowest BCUT2D eigenvalue weighted by atomic mass is 10.1. The molecule has 2 aromatic rings. The third kappa shape index (κ3) is 3.47. The maximum absolute atomic E-state index is 11.1. The normalized spacial score (nSPS) is 11.1. The molecule has 4 heteroatoms. The SMILES string of the molecule is CC(C)CCSc1nc(C(=O)O)cc2ccccc12. The van der Waals surface area contributed by atoms with Gasteiger partial charge in [-0.15, -0.1) is 11.8 Å². The first-order valence-electron chi connectivity index (χ1n) is 6.34. The van der Waals surface area contributed by atoms with E-state index in [1.807, 2.05) is 24.3 Å². The van der Waals surface area contributed by atoms with Crippen LogP contribution in [0.3, 0.4) is 0 Å². The Labute approximate surface area is 117 Å². The van der Waals surface area contributed by atoms with Gasteiger partial charge in [-0.3, -0.25) is 0 Å². The zero-order chi connectivity index (χ0) is 13.8. The van der Waals surface area contributed by atoms with Gasteiger partial charge in [-0.25, -0.2) is 9.78 Å². The summed E-state index contributed by atoms with van der Waals surface area (Å²) in [6.07, 6.45) is 1.10. The van der Waals surface area contributed by atoms with E-state index < -0.39 is 5.97 Å². The minimum absolute atomic E-state index is 0.116. The molecule has 19 heavy (non-hydrogen) atoms. The molecular weight excluding hydrogens is 258 g/mol. The van der Waals surface area contributed by atoms with Crippen LogP contribution in [0.2, 0.25) is 0 Å².